The third-order valence-electron chi connectivity index (χ3n) is 4.14. The van der Waals surface area contributed by atoms with E-state index in [1.54, 1.807) is 4.90 Å². The summed E-state index contributed by atoms with van der Waals surface area (Å²) in [5, 5.41) is 20.7. The Morgan fingerprint density at radius 1 is 1.00 bits per heavy atom. The maximum atomic E-state index is 12.4. The van der Waals surface area contributed by atoms with Gasteiger partial charge in [0.15, 0.2) is 0 Å². The van der Waals surface area contributed by atoms with Crippen molar-refractivity contribution in [2.75, 3.05) is 19.7 Å². The van der Waals surface area contributed by atoms with Crippen molar-refractivity contribution in [1.29, 1.82) is 0 Å². The Hall–Kier alpha value is -2.21. The quantitative estimate of drug-likeness (QED) is 0.698. The predicted octanol–water partition coefficient (Wildman–Crippen LogP) is 3.10. The number of aliphatic hydroxyl groups excluding tert-OH is 2. The monoisotopic (exact) mass is 371 g/mol. The maximum absolute atomic E-state index is 12.4. The summed E-state index contributed by atoms with van der Waals surface area (Å²) in [6.07, 6.45) is -0.786. The zero-order valence-corrected chi connectivity index (χ0v) is 16.2. The SMILES string of the molecule is CC(C)(C)OC(=O)CN(CC(O)c1ccccc1)[C@H](CO)c1ccccc1. The molecule has 2 aromatic rings. The van der Waals surface area contributed by atoms with E-state index in [1.165, 1.54) is 0 Å². The van der Waals surface area contributed by atoms with Crippen molar-refractivity contribution in [3.63, 3.8) is 0 Å². The largest absolute Gasteiger partial charge is 0.459 e. The number of hydrogen-bond donors (Lipinski definition) is 2. The van der Waals surface area contributed by atoms with Crippen LogP contribution in [0.15, 0.2) is 60.7 Å². The first-order valence-corrected chi connectivity index (χ1v) is 9.15. The molecule has 0 spiro atoms. The average molecular weight is 371 g/mol. The molecule has 0 saturated carbocycles. The van der Waals surface area contributed by atoms with Crippen LogP contribution in [0.4, 0.5) is 0 Å². The molecular formula is C22H29NO4. The van der Waals surface area contributed by atoms with Crippen molar-refractivity contribution in [3.8, 4) is 0 Å². The van der Waals surface area contributed by atoms with Crippen molar-refractivity contribution >= 4 is 5.97 Å². The molecule has 0 fully saturated rings. The minimum absolute atomic E-state index is 0.0265. The van der Waals surface area contributed by atoms with Crippen LogP contribution in [0.25, 0.3) is 0 Å². The second-order valence-corrected chi connectivity index (χ2v) is 7.55. The summed E-state index contributed by atoms with van der Waals surface area (Å²) < 4.78 is 5.44. The Bertz CT molecular complexity index is 697. The maximum Gasteiger partial charge on any atom is 0.320 e. The Balaban J connectivity index is 2.22. The van der Waals surface area contributed by atoms with Gasteiger partial charge in [-0.05, 0) is 31.9 Å². The lowest BCUT2D eigenvalue weighted by Crippen LogP contribution is -2.40. The predicted molar refractivity (Wildman–Crippen MR) is 105 cm³/mol. The first-order valence-electron chi connectivity index (χ1n) is 9.15. The highest BCUT2D eigenvalue weighted by atomic mass is 16.6. The van der Waals surface area contributed by atoms with Crippen molar-refractivity contribution in [2.45, 2.75) is 38.5 Å². The molecular weight excluding hydrogens is 342 g/mol. The van der Waals surface area contributed by atoms with E-state index >= 15 is 0 Å². The van der Waals surface area contributed by atoms with Crippen LogP contribution in [0.2, 0.25) is 0 Å². The summed E-state index contributed by atoms with van der Waals surface area (Å²) in [5.74, 6) is -0.392. The lowest BCUT2D eigenvalue weighted by Gasteiger charge is -2.32. The molecule has 0 aliphatic rings. The van der Waals surface area contributed by atoms with Gasteiger partial charge >= 0.3 is 5.97 Å². The summed E-state index contributed by atoms with van der Waals surface area (Å²) >= 11 is 0. The van der Waals surface area contributed by atoms with Crippen LogP contribution in [0.3, 0.4) is 0 Å². The van der Waals surface area contributed by atoms with Crippen LogP contribution >= 0.6 is 0 Å². The van der Waals surface area contributed by atoms with Crippen LogP contribution in [0.1, 0.15) is 44.0 Å². The fraction of sp³-hybridized carbons (Fsp3) is 0.409. The van der Waals surface area contributed by atoms with Gasteiger partial charge in [-0.15, -0.1) is 0 Å². The summed E-state index contributed by atoms with van der Waals surface area (Å²) in [5.41, 5.74) is 1.04. The molecule has 0 aliphatic heterocycles. The molecule has 0 aliphatic carbocycles. The molecule has 5 nitrogen and oxygen atoms in total. The van der Waals surface area contributed by atoms with E-state index in [9.17, 15) is 15.0 Å². The normalized spacial score (nSPS) is 14.0. The van der Waals surface area contributed by atoms with Crippen LogP contribution in [-0.4, -0.2) is 46.4 Å². The lowest BCUT2D eigenvalue weighted by atomic mass is 10.0. The van der Waals surface area contributed by atoms with E-state index < -0.39 is 23.7 Å². The smallest absolute Gasteiger partial charge is 0.320 e. The van der Waals surface area contributed by atoms with Gasteiger partial charge in [-0.1, -0.05) is 60.7 Å². The Kier molecular flexibility index (Phi) is 7.54. The third kappa shape index (κ3) is 6.79. The van der Waals surface area contributed by atoms with E-state index in [1.807, 2.05) is 81.4 Å². The van der Waals surface area contributed by atoms with Crippen molar-refractivity contribution < 1.29 is 19.7 Å². The number of rotatable bonds is 8. The minimum Gasteiger partial charge on any atom is -0.459 e. The Morgan fingerprint density at radius 3 is 2.00 bits per heavy atom. The number of ether oxygens (including phenoxy) is 1. The summed E-state index contributed by atoms with van der Waals surface area (Å²) in [7, 11) is 0. The second-order valence-electron chi connectivity index (χ2n) is 7.55. The van der Waals surface area contributed by atoms with Crippen molar-refractivity contribution in [1.82, 2.24) is 4.90 Å². The number of aliphatic hydroxyl groups is 2. The van der Waals surface area contributed by atoms with Crippen molar-refractivity contribution in [3.05, 3.63) is 71.8 Å². The Morgan fingerprint density at radius 2 is 1.52 bits per heavy atom. The molecule has 5 heteroatoms. The van der Waals surface area contributed by atoms with E-state index in [0.29, 0.717) is 0 Å². The topological polar surface area (TPSA) is 70.0 Å². The minimum atomic E-state index is -0.786. The standard InChI is InChI=1S/C22H29NO4/c1-22(2,3)27-21(26)15-23(14-20(25)18-12-8-5-9-13-18)19(16-24)17-10-6-4-7-11-17/h4-13,19-20,24-25H,14-16H2,1-3H3/t19-,20?/m1/s1. The third-order valence-corrected chi connectivity index (χ3v) is 4.14. The zero-order chi connectivity index (χ0) is 19.9. The van der Waals surface area contributed by atoms with Crippen LogP contribution in [0.5, 0.6) is 0 Å². The van der Waals surface area contributed by atoms with Crippen LogP contribution in [0, 0.1) is 0 Å². The molecule has 0 saturated heterocycles. The molecule has 2 N–H and O–H groups in total. The molecule has 0 bridgehead atoms. The highest BCUT2D eigenvalue weighted by Crippen LogP contribution is 2.24. The fourth-order valence-electron chi connectivity index (χ4n) is 2.95. The number of hydrogen-bond acceptors (Lipinski definition) is 5. The first-order chi connectivity index (χ1) is 12.8. The number of benzene rings is 2. The fourth-order valence-corrected chi connectivity index (χ4v) is 2.95. The van der Waals surface area contributed by atoms with Gasteiger partial charge in [0.1, 0.15) is 5.60 Å². The van der Waals surface area contributed by atoms with Gasteiger partial charge in [0.05, 0.1) is 25.3 Å². The Labute approximate surface area is 161 Å². The van der Waals surface area contributed by atoms with E-state index in [0.717, 1.165) is 11.1 Å². The molecule has 146 valence electrons. The molecule has 2 rings (SSSR count). The molecule has 0 aromatic heterocycles. The lowest BCUT2D eigenvalue weighted by molar-refractivity contribution is -0.157. The van der Waals surface area contributed by atoms with Gasteiger partial charge in [-0.3, -0.25) is 9.69 Å². The number of nitrogens with zero attached hydrogens (tertiary/aromatic N) is 1. The summed E-state index contributed by atoms with van der Waals surface area (Å²) in [6.45, 7) is 5.44. The molecule has 0 amide bonds. The highest BCUT2D eigenvalue weighted by Gasteiger charge is 2.27. The van der Waals surface area contributed by atoms with Gasteiger partial charge in [0.2, 0.25) is 0 Å². The van der Waals surface area contributed by atoms with Crippen LogP contribution in [-0.2, 0) is 9.53 Å². The molecule has 2 aromatic carbocycles. The number of esters is 1. The van der Waals surface area contributed by atoms with E-state index in [4.69, 9.17) is 4.74 Å². The number of carbonyl (C=O) groups is 1. The van der Waals surface area contributed by atoms with Gasteiger partial charge in [-0.25, -0.2) is 0 Å². The van der Waals surface area contributed by atoms with E-state index in [-0.39, 0.29) is 19.7 Å². The van der Waals surface area contributed by atoms with Gasteiger partial charge in [0, 0.05) is 6.54 Å². The molecule has 1 unspecified atom stereocenters. The zero-order valence-electron chi connectivity index (χ0n) is 16.2. The number of carbonyl (C=O) groups excluding carboxylic acids is 1. The van der Waals surface area contributed by atoms with Gasteiger partial charge in [-0.2, -0.15) is 0 Å². The average Bonchev–Trinajstić information content (AvgIpc) is 2.62. The first kappa shape index (κ1) is 21.1. The highest BCUT2D eigenvalue weighted by molar-refractivity contribution is 5.72. The van der Waals surface area contributed by atoms with Crippen molar-refractivity contribution in [2.24, 2.45) is 0 Å². The molecule has 0 heterocycles. The molecule has 2 atom stereocenters. The summed E-state index contributed by atoms with van der Waals surface area (Å²) in [4.78, 5) is 14.2. The van der Waals surface area contributed by atoms with Gasteiger partial charge < -0.3 is 14.9 Å². The molecule has 0 radical (unpaired) electrons. The van der Waals surface area contributed by atoms with Crippen LogP contribution < -0.4 is 0 Å². The van der Waals surface area contributed by atoms with Gasteiger partial charge in [0.25, 0.3) is 0 Å². The summed E-state index contributed by atoms with van der Waals surface area (Å²) in [6, 6.07) is 18.3. The molecule has 27 heavy (non-hydrogen) atoms. The second kappa shape index (κ2) is 9.65. The van der Waals surface area contributed by atoms with E-state index in [2.05, 4.69) is 0 Å².